The van der Waals surface area contributed by atoms with Gasteiger partial charge in [-0.25, -0.2) is 13.4 Å². The van der Waals surface area contributed by atoms with Crippen LogP contribution in [0.2, 0.25) is 0 Å². The highest BCUT2D eigenvalue weighted by molar-refractivity contribution is 8.00. The van der Waals surface area contributed by atoms with Crippen molar-refractivity contribution >= 4 is 27.5 Å². The molecule has 8 heteroatoms. The van der Waals surface area contributed by atoms with Gasteiger partial charge in [0.2, 0.25) is 5.91 Å². The van der Waals surface area contributed by atoms with Crippen LogP contribution in [0.3, 0.4) is 0 Å². The lowest BCUT2D eigenvalue weighted by molar-refractivity contribution is -0.120. The van der Waals surface area contributed by atoms with Gasteiger partial charge in [0, 0.05) is 17.3 Å². The predicted molar refractivity (Wildman–Crippen MR) is 134 cm³/mol. The van der Waals surface area contributed by atoms with E-state index in [9.17, 15) is 13.2 Å². The Morgan fingerprint density at radius 3 is 2.39 bits per heavy atom. The number of rotatable bonds is 7. The van der Waals surface area contributed by atoms with Crippen molar-refractivity contribution < 1.29 is 13.2 Å². The van der Waals surface area contributed by atoms with Gasteiger partial charge in [0.15, 0.2) is 15.0 Å². The van der Waals surface area contributed by atoms with Gasteiger partial charge in [0.1, 0.15) is 0 Å². The van der Waals surface area contributed by atoms with Crippen LogP contribution >= 0.6 is 11.8 Å². The van der Waals surface area contributed by atoms with Crippen LogP contribution < -0.4 is 5.32 Å². The molecule has 4 rings (SSSR count). The zero-order valence-corrected chi connectivity index (χ0v) is 20.7. The van der Waals surface area contributed by atoms with E-state index < -0.39 is 15.1 Å². The Labute approximate surface area is 199 Å². The Morgan fingerprint density at radius 2 is 1.79 bits per heavy atom. The summed E-state index contributed by atoms with van der Waals surface area (Å²) in [5, 5.41) is 3.19. The van der Waals surface area contributed by atoms with Crippen molar-refractivity contribution in [2.24, 2.45) is 0 Å². The summed E-state index contributed by atoms with van der Waals surface area (Å²) in [4.78, 5) is 17.4. The molecule has 2 unspecified atom stereocenters. The third kappa shape index (κ3) is 5.50. The quantitative estimate of drug-likeness (QED) is 0.502. The highest BCUT2D eigenvalue weighted by Crippen LogP contribution is 2.32. The molecule has 0 radical (unpaired) electrons. The Morgan fingerprint density at radius 1 is 1.09 bits per heavy atom. The number of aromatic nitrogens is 2. The molecule has 2 heterocycles. The van der Waals surface area contributed by atoms with Gasteiger partial charge in [-0.2, -0.15) is 0 Å². The topological polar surface area (TPSA) is 81.1 Å². The minimum atomic E-state index is -3.04. The highest BCUT2D eigenvalue weighted by Gasteiger charge is 2.30. The van der Waals surface area contributed by atoms with E-state index in [1.54, 1.807) is 0 Å². The van der Waals surface area contributed by atoms with Gasteiger partial charge in [-0.05, 0) is 37.0 Å². The van der Waals surface area contributed by atoms with Crippen LogP contribution in [0.4, 0.5) is 0 Å². The summed E-state index contributed by atoms with van der Waals surface area (Å²) in [7, 11) is -3.04. The van der Waals surface area contributed by atoms with Crippen molar-refractivity contribution in [3.05, 3.63) is 66.4 Å². The number of thioether (sulfide) groups is 1. The fraction of sp³-hybridized carbons (Fsp3) is 0.360. The lowest BCUT2D eigenvalue weighted by Crippen LogP contribution is -2.40. The van der Waals surface area contributed by atoms with Gasteiger partial charge in [-0.1, -0.05) is 68.1 Å². The number of imidazole rings is 1. The summed E-state index contributed by atoms with van der Waals surface area (Å²) in [6.45, 7) is 6.16. The van der Waals surface area contributed by atoms with Gasteiger partial charge in [-0.3, -0.25) is 9.36 Å². The van der Waals surface area contributed by atoms with Crippen LogP contribution in [0.25, 0.3) is 16.9 Å². The van der Waals surface area contributed by atoms with Crippen molar-refractivity contribution in [2.45, 2.75) is 49.6 Å². The minimum Gasteiger partial charge on any atom is -0.351 e. The van der Waals surface area contributed by atoms with E-state index in [2.05, 4.69) is 53.0 Å². The number of amides is 1. The van der Waals surface area contributed by atoms with Crippen molar-refractivity contribution in [3.63, 3.8) is 0 Å². The largest absolute Gasteiger partial charge is 0.351 e. The molecule has 174 valence electrons. The molecule has 0 bridgehead atoms. The van der Waals surface area contributed by atoms with E-state index >= 15 is 0 Å². The molecule has 0 saturated carbocycles. The van der Waals surface area contributed by atoms with Crippen LogP contribution in [-0.2, 0) is 14.6 Å². The molecular formula is C25H29N3O3S2. The highest BCUT2D eigenvalue weighted by atomic mass is 32.2. The van der Waals surface area contributed by atoms with Crippen LogP contribution in [0, 0.1) is 0 Å². The van der Waals surface area contributed by atoms with E-state index in [1.165, 1.54) is 17.3 Å². The molecule has 33 heavy (non-hydrogen) atoms. The van der Waals surface area contributed by atoms with Crippen LogP contribution in [-0.4, -0.2) is 46.7 Å². The molecule has 0 spiro atoms. The van der Waals surface area contributed by atoms with E-state index in [1.807, 2.05) is 43.5 Å². The third-order valence-electron chi connectivity index (χ3n) is 5.85. The van der Waals surface area contributed by atoms with Gasteiger partial charge in [0.05, 0.1) is 28.6 Å². The minimum absolute atomic E-state index is 0.0190. The van der Waals surface area contributed by atoms with Crippen molar-refractivity contribution in [3.8, 4) is 16.9 Å². The standard InChI is InChI=1S/C25H29N3O3S2/c1-17(2)19-9-11-22(12-10-19)28-23(20-7-5-4-6-8-20)15-26-25(28)32-18(3)24(29)27-21-13-14-33(30,31)16-21/h4-12,15,17-18,21H,13-14,16H2,1-3H3,(H,27,29). The number of sulfone groups is 1. The summed E-state index contributed by atoms with van der Waals surface area (Å²) >= 11 is 1.37. The molecule has 1 aliphatic rings. The normalized spacial score (nSPS) is 18.4. The Bertz CT molecular complexity index is 1220. The second-order valence-corrected chi connectivity index (χ2v) is 12.3. The van der Waals surface area contributed by atoms with E-state index in [-0.39, 0.29) is 23.5 Å². The van der Waals surface area contributed by atoms with Crippen LogP contribution in [0.1, 0.15) is 38.7 Å². The average molecular weight is 484 g/mol. The number of carbonyl (C=O) groups excluding carboxylic acids is 1. The monoisotopic (exact) mass is 483 g/mol. The molecule has 3 aromatic rings. The smallest absolute Gasteiger partial charge is 0.233 e. The number of hydrogen-bond donors (Lipinski definition) is 1. The molecule has 1 saturated heterocycles. The maximum Gasteiger partial charge on any atom is 0.233 e. The molecule has 1 N–H and O–H groups in total. The number of carbonyl (C=O) groups is 1. The number of nitrogens with one attached hydrogen (secondary N) is 1. The summed E-state index contributed by atoms with van der Waals surface area (Å²) < 4.78 is 25.5. The lowest BCUT2D eigenvalue weighted by Gasteiger charge is -2.17. The molecule has 1 fully saturated rings. The second-order valence-electron chi connectivity index (χ2n) is 8.74. The molecule has 0 aliphatic carbocycles. The summed E-state index contributed by atoms with van der Waals surface area (Å²) in [6, 6.07) is 18.2. The number of benzene rings is 2. The van der Waals surface area contributed by atoms with Gasteiger partial charge in [-0.15, -0.1) is 0 Å². The first-order valence-corrected chi connectivity index (χ1v) is 13.8. The average Bonchev–Trinajstić information content (AvgIpc) is 3.36. The van der Waals surface area contributed by atoms with Crippen LogP contribution in [0.15, 0.2) is 66.0 Å². The summed E-state index contributed by atoms with van der Waals surface area (Å²) in [6.07, 6.45) is 2.31. The fourth-order valence-electron chi connectivity index (χ4n) is 3.93. The number of hydrogen-bond acceptors (Lipinski definition) is 5. The Kier molecular flexibility index (Phi) is 6.95. The first kappa shape index (κ1) is 23.6. The van der Waals surface area contributed by atoms with Crippen molar-refractivity contribution in [1.82, 2.24) is 14.9 Å². The van der Waals surface area contributed by atoms with Gasteiger partial charge < -0.3 is 5.32 Å². The van der Waals surface area contributed by atoms with E-state index in [0.29, 0.717) is 17.5 Å². The van der Waals surface area contributed by atoms with E-state index in [4.69, 9.17) is 0 Å². The predicted octanol–water partition coefficient (Wildman–Crippen LogP) is 4.45. The van der Waals surface area contributed by atoms with Gasteiger partial charge in [0.25, 0.3) is 0 Å². The first-order valence-electron chi connectivity index (χ1n) is 11.1. The second kappa shape index (κ2) is 9.73. The molecule has 6 nitrogen and oxygen atoms in total. The molecule has 2 atom stereocenters. The maximum absolute atomic E-state index is 12.8. The summed E-state index contributed by atoms with van der Waals surface area (Å²) in [5.74, 6) is 0.419. The molecule has 1 aliphatic heterocycles. The first-order chi connectivity index (χ1) is 15.7. The summed E-state index contributed by atoms with van der Waals surface area (Å²) in [5.41, 5.74) is 4.23. The fourth-order valence-corrected chi connectivity index (χ4v) is 6.51. The van der Waals surface area contributed by atoms with Crippen molar-refractivity contribution in [1.29, 1.82) is 0 Å². The van der Waals surface area contributed by atoms with Crippen molar-refractivity contribution in [2.75, 3.05) is 11.5 Å². The lowest BCUT2D eigenvalue weighted by atomic mass is 10.0. The zero-order valence-electron chi connectivity index (χ0n) is 19.1. The molecular weight excluding hydrogens is 454 g/mol. The molecule has 1 aromatic heterocycles. The maximum atomic E-state index is 12.8. The molecule has 1 amide bonds. The Hall–Kier alpha value is -2.58. The SMILES string of the molecule is CC(Sc1ncc(-c2ccccc2)n1-c1ccc(C(C)C)cc1)C(=O)NC1CCS(=O)(=O)C1. The van der Waals surface area contributed by atoms with E-state index in [0.717, 1.165) is 16.9 Å². The third-order valence-corrected chi connectivity index (χ3v) is 8.68. The zero-order chi connectivity index (χ0) is 23.6. The van der Waals surface area contributed by atoms with Gasteiger partial charge >= 0.3 is 0 Å². The number of nitrogens with zero attached hydrogens (tertiary/aromatic N) is 2. The Balaban J connectivity index is 1.61. The molecule has 2 aromatic carbocycles. The van der Waals surface area contributed by atoms with Crippen LogP contribution in [0.5, 0.6) is 0 Å².